The number of carbonyl (C=O) groups excluding carboxylic acids is 4. The Kier molecular flexibility index (Phi) is 25.7. The first kappa shape index (κ1) is 88.0. The van der Waals surface area contributed by atoms with Gasteiger partial charge in [-0.1, -0.05) is 176 Å². The lowest BCUT2D eigenvalue weighted by atomic mass is 9.83. The molecule has 5 aliphatic heterocycles. The van der Waals surface area contributed by atoms with E-state index in [1.165, 1.54) is 23.4 Å². The van der Waals surface area contributed by atoms with Crippen LogP contribution in [0.1, 0.15) is 121 Å². The van der Waals surface area contributed by atoms with Crippen molar-refractivity contribution < 1.29 is 85.9 Å². The first-order valence-electron chi connectivity index (χ1n) is 41.9. The number of carbonyl (C=O) groups is 4. The molecule has 1 aromatic heterocycles. The van der Waals surface area contributed by atoms with Crippen molar-refractivity contribution in [2.24, 2.45) is 0 Å². The van der Waals surface area contributed by atoms with Crippen LogP contribution >= 0.6 is 12.2 Å². The molecular weight excluding hydrogens is 1670 g/mol. The molecule has 25 heteroatoms. The summed E-state index contributed by atoms with van der Waals surface area (Å²) in [6, 6.07) is 74.8. The van der Waals surface area contributed by atoms with Gasteiger partial charge in [-0.3, -0.25) is 15.1 Å². The fourth-order valence-electron chi connectivity index (χ4n) is 17.7. The molecule has 660 valence electrons. The standard InChI is InChI=1S/C22H21NO3.C22H21NO2S.C21H19NO5.C20H18N2O4.C20H17NO4/c1-13-19(25-2)10-15(11-20(13)26-3)18-12-21(24)23-22-16-7-5-4-6-14(16)8-9-17(18)22;1-13-19(24-2)10-15(11-20(13)25-3)18-12-21(26)23-22-16-7-5-4-6-14(16)8-9-17(18)22;1-24-16-10-13(11-17(25-2)20(16)26-3)18-15-9-8-12-6-4-5-7-14(12)19(15)27-21(23)22-18;1-11-15(24-2)9-13(10-16(11)25-3)17-14-7-6-12-5-4-8-21-18(12)19(14)26-20(23)22-17;1-11-9-13(10-16(24-2)18(11)22)19-15-8-7-12-5-3-4-6-14(12)17(15)21-20(23)25-19/h4-11,18H,12H2,1-3H3,(H,23,24);4-11,18H,12H2,1-3H3,(H,23,26);4-11,18H,1-3H3,(H,22,23);4-10,17H,1-3H3,(H,22,23);3-10,19,22H,1-2H3,(H,21,23). The second-order valence-corrected chi connectivity index (χ2v) is 32.0. The number of aromatic hydroxyl groups is 1. The van der Waals surface area contributed by atoms with Crippen LogP contribution < -0.4 is 83.4 Å². The fraction of sp³-hybridized carbons (Fsp3) is 0.200. The third-order valence-corrected chi connectivity index (χ3v) is 24.4. The number of methoxy groups -OCH3 is 10. The Morgan fingerprint density at radius 3 is 1.19 bits per heavy atom. The number of ether oxygens (including phenoxy) is 13. The molecule has 20 rings (SSSR count). The number of rotatable bonds is 15. The van der Waals surface area contributed by atoms with Crippen molar-refractivity contribution in [1.29, 1.82) is 0 Å². The molecule has 0 saturated carbocycles. The summed E-state index contributed by atoms with van der Waals surface area (Å²) in [5, 5.41) is 34.6. The highest BCUT2D eigenvalue weighted by Crippen LogP contribution is 2.51. The number of phenolic OH excluding ortho intramolecular Hbond substituents is 1. The predicted octanol–water partition coefficient (Wildman–Crippen LogP) is 22.4. The van der Waals surface area contributed by atoms with Crippen molar-refractivity contribution >= 4 is 112 Å². The molecule has 24 nitrogen and oxygen atoms in total. The predicted molar refractivity (Wildman–Crippen MR) is 508 cm³/mol. The molecule has 5 unspecified atom stereocenters. The number of cyclic esters (lactones) is 1. The third-order valence-electron chi connectivity index (χ3n) is 24.2. The number of fused-ring (bicyclic) bond motifs is 15. The maximum Gasteiger partial charge on any atom is 0.413 e. The summed E-state index contributed by atoms with van der Waals surface area (Å²) in [4.78, 5) is 54.3. The smallest absolute Gasteiger partial charge is 0.413 e. The summed E-state index contributed by atoms with van der Waals surface area (Å²) in [7, 11) is 16.1. The van der Waals surface area contributed by atoms with E-state index in [0.717, 1.165) is 156 Å². The Bertz CT molecular complexity index is 6490. The van der Waals surface area contributed by atoms with Gasteiger partial charge in [0.05, 0.1) is 105 Å². The zero-order chi connectivity index (χ0) is 91.3. The van der Waals surface area contributed by atoms with E-state index in [2.05, 4.69) is 98.3 Å². The average Bonchev–Trinajstić information content (AvgIpc) is 0.772. The van der Waals surface area contributed by atoms with Gasteiger partial charge in [0.1, 0.15) is 45.8 Å². The minimum absolute atomic E-state index is 0.0253. The third kappa shape index (κ3) is 17.3. The Labute approximate surface area is 756 Å². The SMILES string of the molecule is COc1cc(C2CC(=O)Nc3c2ccc2ccccc32)cc(OC)c1C.COc1cc(C2CC(=S)Nc3c2ccc2ccccc32)cc(OC)c1C.COc1cc(C2NC(=O)Oc3c2ccc2ccccc32)cc(OC)c1OC.COc1cc(C2NC(=O)Oc3c2ccc2cccnc32)cc(OC)c1C.COc1cc(C2OC(=O)Nc3c2ccc2ccccc32)cc(C)c1O. The summed E-state index contributed by atoms with van der Waals surface area (Å²) in [5.74, 6) is 7.81. The number of benzene rings is 14. The second kappa shape index (κ2) is 38.0. The summed E-state index contributed by atoms with van der Waals surface area (Å²) in [6.07, 6.45) is 0.777. The number of nitrogens with one attached hydrogen (secondary N) is 5. The minimum Gasteiger partial charge on any atom is -0.504 e. The zero-order valence-corrected chi connectivity index (χ0v) is 74.9. The van der Waals surface area contributed by atoms with Gasteiger partial charge in [0.15, 0.2) is 34.9 Å². The Morgan fingerprint density at radius 1 is 0.354 bits per heavy atom. The van der Waals surface area contributed by atoms with E-state index in [1.54, 1.807) is 89.2 Å². The minimum atomic E-state index is -0.568. The van der Waals surface area contributed by atoms with Crippen molar-refractivity contribution in [1.82, 2.24) is 15.6 Å². The summed E-state index contributed by atoms with van der Waals surface area (Å²) in [5.41, 5.74) is 16.5. The molecule has 0 bridgehead atoms. The monoisotopic (exact) mass is 1760 g/mol. The Morgan fingerprint density at radius 2 is 0.723 bits per heavy atom. The van der Waals surface area contributed by atoms with Crippen LogP contribution in [0.4, 0.5) is 31.4 Å². The van der Waals surface area contributed by atoms with Gasteiger partial charge in [-0.25, -0.2) is 14.4 Å². The maximum absolute atomic E-state index is 12.5. The van der Waals surface area contributed by atoms with Crippen LogP contribution in [0.3, 0.4) is 0 Å². The fourth-order valence-corrected chi connectivity index (χ4v) is 17.9. The average molecular weight is 1760 g/mol. The van der Waals surface area contributed by atoms with Gasteiger partial charge in [0.25, 0.3) is 0 Å². The van der Waals surface area contributed by atoms with Crippen LogP contribution in [-0.2, 0) is 9.53 Å². The second-order valence-electron chi connectivity index (χ2n) is 31.5. The maximum atomic E-state index is 12.5. The normalized spacial score (nSPS) is 15.9. The highest BCUT2D eigenvalue weighted by atomic mass is 32.1. The molecular formula is C105H96N6O18S. The lowest BCUT2D eigenvalue weighted by molar-refractivity contribution is -0.116. The van der Waals surface area contributed by atoms with Gasteiger partial charge in [-0.05, 0) is 155 Å². The molecule has 15 aromatic rings. The van der Waals surface area contributed by atoms with E-state index in [0.29, 0.717) is 63.5 Å². The van der Waals surface area contributed by atoms with Crippen molar-refractivity contribution in [2.75, 3.05) is 87.0 Å². The molecule has 0 aliphatic carbocycles. The molecule has 4 amide bonds. The molecule has 6 N–H and O–H groups in total. The topological polar surface area (TPSA) is 282 Å². The lowest BCUT2D eigenvalue weighted by Crippen LogP contribution is -2.36. The summed E-state index contributed by atoms with van der Waals surface area (Å²) in [6.45, 7) is 7.69. The number of phenols is 1. The van der Waals surface area contributed by atoms with E-state index >= 15 is 0 Å². The number of amides is 4. The van der Waals surface area contributed by atoms with Gasteiger partial charge in [0.2, 0.25) is 11.7 Å². The van der Waals surface area contributed by atoms with Crippen LogP contribution in [0.25, 0.3) is 54.0 Å². The molecule has 5 atom stereocenters. The van der Waals surface area contributed by atoms with Gasteiger partial charge in [-0.15, -0.1) is 0 Å². The number of anilines is 3. The van der Waals surface area contributed by atoms with Crippen LogP contribution in [-0.4, -0.2) is 110 Å². The lowest BCUT2D eigenvalue weighted by Gasteiger charge is -2.29. The summed E-state index contributed by atoms with van der Waals surface area (Å²) < 4.78 is 71.2. The van der Waals surface area contributed by atoms with Gasteiger partial charge >= 0.3 is 18.3 Å². The van der Waals surface area contributed by atoms with Gasteiger partial charge in [0, 0.05) is 96.7 Å². The van der Waals surface area contributed by atoms with Crippen LogP contribution in [0.5, 0.6) is 74.7 Å². The number of nitrogens with zero attached hydrogens (tertiary/aromatic N) is 1. The van der Waals surface area contributed by atoms with E-state index in [9.17, 15) is 24.3 Å². The molecule has 0 spiro atoms. The van der Waals surface area contributed by atoms with E-state index in [-0.39, 0.29) is 29.5 Å². The quantitative estimate of drug-likeness (QED) is 0.0520. The number of hydrogen-bond donors (Lipinski definition) is 6. The van der Waals surface area contributed by atoms with Crippen molar-refractivity contribution in [3.63, 3.8) is 0 Å². The van der Waals surface area contributed by atoms with E-state index < -0.39 is 30.4 Å². The first-order chi connectivity index (χ1) is 63.1. The molecule has 5 aliphatic rings. The van der Waals surface area contributed by atoms with Crippen molar-refractivity contribution in [3.05, 3.63) is 315 Å². The van der Waals surface area contributed by atoms with Crippen molar-refractivity contribution in [3.8, 4) is 74.7 Å². The van der Waals surface area contributed by atoms with Crippen molar-refractivity contribution in [2.45, 2.75) is 70.6 Å². The molecule has 0 radical (unpaired) electrons. The van der Waals surface area contributed by atoms with Gasteiger partial charge in [-0.2, -0.15) is 0 Å². The molecule has 6 heterocycles. The zero-order valence-electron chi connectivity index (χ0n) is 74.1. The molecule has 0 saturated heterocycles. The number of thiocarbonyl (C=S) groups is 1. The number of hydrogen-bond acceptors (Lipinski definition) is 20. The summed E-state index contributed by atoms with van der Waals surface area (Å²) >= 11 is 5.60. The van der Waals surface area contributed by atoms with E-state index in [4.69, 9.17) is 73.8 Å². The molecule has 130 heavy (non-hydrogen) atoms. The molecule has 14 aromatic carbocycles. The first-order valence-corrected chi connectivity index (χ1v) is 42.3. The van der Waals surface area contributed by atoms with Crippen LogP contribution in [0, 0.1) is 27.7 Å². The highest BCUT2D eigenvalue weighted by molar-refractivity contribution is 7.80. The molecule has 0 fully saturated rings. The van der Waals surface area contributed by atoms with E-state index in [1.807, 2.05) is 172 Å². The van der Waals surface area contributed by atoms with Crippen LogP contribution in [0.2, 0.25) is 0 Å². The largest absolute Gasteiger partial charge is 0.504 e. The van der Waals surface area contributed by atoms with Crippen LogP contribution in [0.15, 0.2) is 237 Å². The number of aryl methyl sites for hydroxylation is 1. The van der Waals surface area contributed by atoms with Gasteiger partial charge < -0.3 is 88.0 Å². The number of aromatic nitrogens is 1. The Hall–Kier alpha value is -15.5. The number of pyridine rings is 1. The highest BCUT2D eigenvalue weighted by Gasteiger charge is 2.36. The Balaban J connectivity index is 0.000000119.